The maximum absolute atomic E-state index is 11.0. The number of para-hydroxylation sites is 1. The smallest absolute Gasteiger partial charge is 0.311 e. The van der Waals surface area contributed by atoms with Gasteiger partial charge in [0, 0.05) is 12.1 Å². The number of ether oxygens (including phenoxy) is 1. The van der Waals surface area contributed by atoms with E-state index in [1.54, 1.807) is 26.0 Å². The van der Waals surface area contributed by atoms with Gasteiger partial charge in [-0.2, -0.15) is 5.26 Å². The Balaban J connectivity index is 2.13. The van der Waals surface area contributed by atoms with E-state index in [0.29, 0.717) is 11.6 Å². The largest absolute Gasteiger partial charge is 0.484 e. The first-order chi connectivity index (χ1) is 9.45. The minimum Gasteiger partial charge on any atom is -0.484 e. The molecule has 0 saturated heterocycles. The Kier molecular flexibility index (Phi) is 3.91. The summed E-state index contributed by atoms with van der Waals surface area (Å²) in [5, 5.41) is 23.5. The molecule has 0 heterocycles. The van der Waals surface area contributed by atoms with Crippen LogP contribution in [0.25, 0.3) is 0 Å². The number of aryl methyl sites for hydroxylation is 1. The zero-order valence-electron chi connectivity index (χ0n) is 11.5. The molecule has 2 rings (SSSR count). The lowest BCUT2D eigenvalue weighted by atomic mass is 10.1. The van der Waals surface area contributed by atoms with E-state index in [-0.39, 0.29) is 18.0 Å². The second kappa shape index (κ2) is 5.47. The standard InChI is InChI=1S/C14H17N3O3/c1-10-4-3-5-12(17(18)19)13(10)20-9-14(2,8-15)16-11-6-7-11/h3-5,11,16H,6-7,9H2,1-2H3. The predicted octanol–water partition coefficient (Wildman–Crippen LogP) is 2.32. The second-order valence-corrected chi connectivity index (χ2v) is 5.33. The monoisotopic (exact) mass is 275 g/mol. The van der Waals surface area contributed by atoms with Crippen LogP contribution in [0.5, 0.6) is 5.75 Å². The van der Waals surface area contributed by atoms with Crippen LogP contribution in [0.4, 0.5) is 5.69 Å². The van der Waals surface area contributed by atoms with E-state index >= 15 is 0 Å². The van der Waals surface area contributed by atoms with Crippen LogP contribution in [0.15, 0.2) is 18.2 Å². The minimum absolute atomic E-state index is 0.0725. The molecule has 1 fully saturated rings. The van der Waals surface area contributed by atoms with Crippen molar-refractivity contribution in [2.75, 3.05) is 6.61 Å². The maximum Gasteiger partial charge on any atom is 0.311 e. The molecule has 1 N–H and O–H groups in total. The number of nitro groups is 1. The lowest BCUT2D eigenvalue weighted by Gasteiger charge is -2.23. The number of rotatable bonds is 6. The normalized spacial score (nSPS) is 17.1. The third-order valence-electron chi connectivity index (χ3n) is 3.24. The quantitative estimate of drug-likeness (QED) is 0.635. The van der Waals surface area contributed by atoms with Crippen LogP contribution in [0.1, 0.15) is 25.3 Å². The van der Waals surface area contributed by atoms with Gasteiger partial charge in [0.05, 0.1) is 11.0 Å². The summed E-state index contributed by atoms with van der Waals surface area (Å²) in [4.78, 5) is 10.5. The Morgan fingerprint density at radius 1 is 1.60 bits per heavy atom. The lowest BCUT2D eigenvalue weighted by Crippen LogP contribution is -2.47. The zero-order chi connectivity index (χ0) is 14.8. The van der Waals surface area contributed by atoms with Crippen LogP contribution in [0.3, 0.4) is 0 Å². The topological polar surface area (TPSA) is 88.2 Å². The number of hydrogen-bond donors (Lipinski definition) is 1. The first-order valence-corrected chi connectivity index (χ1v) is 6.51. The van der Waals surface area contributed by atoms with E-state index in [9.17, 15) is 15.4 Å². The molecule has 0 amide bonds. The molecular formula is C14H17N3O3. The summed E-state index contributed by atoms with van der Waals surface area (Å²) in [6.07, 6.45) is 2.11. The van der Waals surface area contributed by atoms with Gasteiger partial charge in [-0.15, -0.1) is 0 Å². The van der Waals surface area contributed by atoms with E-state index in [1.165, 1.54) is 6.07 Å². The fourth-order valence-corrected chi connectivity index (χ4v) is 1.97. The van der Waals surface area contributed by atoms with E-state index in [0.717, 1.165) is 12.8 Å². The van der Waals surface area contributed by atoms with Gasteiger partial charge in [0.2, 0.25) is 0 Å². The molecule has 0 aliphatic heterocycles. The highest BCUT2D eigenvalue weighted by molar-refractivity contribution is 5.51. The summed E-state index contributed by atoms with van der Waals surface area (Å²) >= 11 is 0. The Labute approximate surface area is 117 Å². The van der Waals surface area contributed by atoms with Crippen molar-refractivity contribution in [2.24, 2.45) is 0 Å². The van der Waals surface area contributed by atoms with Crippen molar-refractivity contribution in [2.45, 2.75) is 38.3 Å². The SMILES string of the molecule is Cc1cccc([N+](=O)[O-])c1OCC(C)(C#N)NC1CC1. The van der Waals surface area contributed by atoms with Gasteiger partial charge >= 0.3 is 5.69 Å². The van der Waals surface area contributed by atoms with Crippen LogP contribution >= 0.6 is 0 Å². The predicted molar refractivity (Wildman–Crippen MR) is 73.5 cm³/mol. The maximum atomic E-state index is 11.0. The summed E-state index contributed by atoms with van der Waals surface area (Å²) in [6.45, 7) is 3.57. The summed E-state index contributed by atoms with van der Waals surface area (Å²) in [5.74, 6) is 0.233. The van der Waals surface area contributed by atoms with Crippen molar-refractivity contribution in [3.63, 3.8) is 0 Å². The second-order valence-electron chi connectivity index (χ2n) is 5.33. The van der Waals surface area contributed by atoms with Crippen molar-refractivity contribution in [1.29, 1.82) is 5.26 Å². The number of nitrogens with one attached hydrogen (secondary N) is 1. The van der Waals surface area contributed by atoms with Crippen molar-refractivity contribution in [3.05, 3.63) is 33.9 Å². The van der Waals surface area contributed by atoms with Crippen molar-refractivity contribution in [1.82, 2.24) is 5.32 Å². The van der Waals surface area contributed by atoms with E-state index in [2.05, 4.69) is 11.4 Å². The number of nitro benzene ring substituents is 1. The Morgan fingerprint density at radius 2 is 2.30 bits per heavy atom. The van der Waals surface area contributed by atoms with Gasteiger partial charge in [0.25, 0.3) is 0 Å². The first-order valence-electron chi connectivity index (χ1n) is 6.51. The minimum atomic E-state index is -0.836. The molecule has 1 aromatic rings. The van der Waals surface area contributed by atoms with E-state index < -0.39 is 10.5 Å². The van der Waals surface area contributed by atoms with Crippen molar-refractivity contribution >= 4 is 5.69 Å². The van der Waals surface area contributed by atoms with Crippen LogP contribution in [-0.2, 0) is 0 Å². The molecule has 6 heteroatoms. The molecule has 0 bridgehead atoms. The van der Waals surface area contributed by atoms with Gasteiger partial charge in [-0.05, 0) is 32.3 Å². The van der Waals surface area contributed by atoms with Crippen LogP contribution in [-0.4, -0.2) is 23.1 Å². The molecule has 1 atom stereocenters. The van der Waals surface area contributed by atoms with Crippen LogP contribution in [0, 0.1) is 28.4 Å². The molecule has 0 spiro atoms. The highest BCUT2D eigenvalue weighted by Crippen LogP contribution is 2.31. The van der Waals surface area contributed by atoms with Gasteiger partial charge in [0.1, 0.15) is 12.1 Å². The summed E-state index contributed by atoms with van der Waals surface area (Å²) in [6, 6.07) is 7.31. The third kappa shape index (κ3) is 3.25. The van der Waals surface area contributed by atoms with Crippen LogP contribution in [0.2, 0.25) is 0 Å². The number of nitrogens with zero attached hydrogens (tertiary/aromatic N) is 2. The fraction of sp³-hybridized carbons (Fsp3) is 0.500. The zero-order valence-corrected chi connectivity index (χ0v) is 11.5. The molecule has 0 radical (unpaired) electrons. The molecule has 1 aromatic carbocycles. The summed E-state index contributed by atoms with van der Waals surface area (Å²) in [7, 11) is 0. The fourth-order valence-electron chi connectivity index (χ4n) is 1.97. The number of benzene rings is 1. The van der Waals surface area contributed by atoms with E-state index in [1.807, 2.05) is 0 Å². The molecule has 1 unspecified atom stereocenters. The van der Waals surface area contributed by atoms with Gasteiger partial charge in [-0.3, -0.25) is 15.4 Å². The van der Waals surface area contributed by atoms with Crippen molar-refractivity contribution in [3.8, 4) is 11.8 Å². The van der Waals surface area contributed by atoms with Gasteiger partial charge in [-0.1, -0.05) is 12.1 Å². The molecule has 106 valence electrons. The van der Waals surface area contributed by atoms with Crippen molar-refractivity contribution < 1.29 is 9.66 Å². The molecule has 1 aliphatic carbocycles. The first kappa shape index (κ1) is 14.3. The highest BCUT2D eigenvalue weighted by Gasteiger charge is 2.34. The average Bonchev–Trinajstić information content (AvgIpc) is 3.20. The van der Waals surface area contributed by atoms with Gasteiger partial charge in [-0.25, -0.2) is 0 Å². The molecule has 6 nitrogen and oxygen atoms in total. The average molecular weight is 275 g/mol. The van der Waals surface area contributed by atoms with Gasteiger partial charge in [0.15, 0.2) is 5.75 Å². The summed E-state index contributed by atoms with van der Waals surface area (Å²) in [5.41, 5.74) is -0.222. The number of hydrogen-bond acceptors (Lipinski definition) is 5. The number of nitriles is 1. The lowest BCUT2D eigenvalue weighted by molar-refractivity contribution is -0.386. The van der Waals surface area contributed by atoms with E-state index in [4.69, 9.17) is 4.74 Å². The Hall–Kier alpha value is -2.13. The molecule has 1 aliphatic rings. The Bertz CT molecular complexity index is 563. The third-order valence-corrected chi connectivity index (χ3v) is 3.24. The van der Waals surface area contributed by atoms with Gasteiger partial charge < -0.3 is 4.74 Å². The van der Waals surface area contributed by atoms with Crippen LogP contribution < -0.4 is 10.1 Å². The molecule has 0 aromatic heterocycles. The highest BCUT2D eigenvalue weighted by atomic mass is 16.6. The molecule has 20 heavy (non-hydrogen) atoms. The molecule has 1 saturated carbocycles. The summed E-state index contributed by atoms with van der Waals surface area (Å²) < 4.78 is 5.59. The Morgan fingerprint density at radius 3 is 2.85 bits per heavy atom. The molecular weight excluding hydrogens is 258 g/mol.